The highest BCUT2D eigenvalue weighted by molar-refractivity contribution is 5.78. The fourth-order valence-electron chi connectivity index (χ4n) is 2.26. The highest BCUT2D eigenvalue weighted by Crippen LogP contribution is 2.26. The summed E-state index contributed by atoms with van der Waals surface area (Å²) in [6.45, 7) is 1.71. The van der Waals surface area contributed by atoms with Crippen molar-refractivity contribution in [3.05, 3.63) is 6.33 Å². The average molecular weight is 262 g/mol. The molecular weight excluding hydrogens is 244 g/mol. The van der Waals surface area contributed by atoms with Gasteiger partial charge in [0, 0.05) is 19.1 Å². The predicted octanol–water partition coefficient (Wildman–Crippen LogP) is 0.511. The zero-order valence-corrected chi connectivity index (χ0v) is 11.2. The van der Waals surface area contributed by atoms with E-state index < -0.39 is 0 Å². The first-order valence-corrected chi connectivity index (χ1v) is 6.41. The van der Waals surface area contributed by atoms with Crippen LogP contribution in [0.4, 0.5) is 5.95 Å². The third-order valence-electron chi connectivity index (χ3n) is 3.57. The Bertz CT molecular complexity index is 591. The Labute approximate surface area is 111 Å². The summed E-state index contributed by atoms with van der Waals surface area (Å²) in [6.07, 6.45) is 4.07. The van der Waals surface area contributed by atoms with E-state index in [1.54, 1.807) is 7.11 Å². The standard InChI is InChI=1S/C12H18N6O/c1-17(8-3-4-8)5-6-18-10-9(16-12(18)13)11(19-2)15-7-14-10/h7-8H,3-6H2,1-2H3,(H2,13,16). The summed E-state index contributed by atoms with van der Waals surface area (Å²) in [5.41, 5.74) is 7.32. The fourth-order valence-corrected chi connectivity index (χ4v) is 2.26. The van der Waals surface area contributed by atoms with Crippen molar-refractivity contribution >= 4 is 17.1 Å². The van der Waals surface area contributed by atoms with Gasteiger partial charge in [-0.15, -0.1) is 0 Å². The number of anilines is 1. The highest BCUT2D eigenvalue weighted by atomic mass is 16.5. The van der Waals surface area contributed by atoms with Gasteiger partial charge in [0.2, 0.25) is 11.8 Å². The monoisotopic (exact) mass is 262 g/mol. The van der Waals surface area contributed by atoms with Crippen LogP contribution in [0.25, 0.3) is 11.2 Å². The van der Waals surface area contributed by atoms with Gasteiger partial charge in [0.05, 0.1) is 7.11 Å². The van der Waals surface area contributed by atoms with E-state index >= 15 is 0 Å². The number of likely N-dealkylation sites (N-methyl/N-ethyl adjacent to an activating group) is 1. The molecule has 0 saturated heterocycles. The zero-order chi connectivity index (χ0) is 13.4. The van der Waals surface area contributed by atoms with Crippen LogP contribution in [0.1, 0.15) is 12.8 Å². The smallest absolute Gasteiger partial charge is 0.245 e. The van der Waals surface area contributed by atoms with Crippen molar-refractivity contribution in [3.8, 4) is 5.88 Å². The number of imidazole rings is 1. The van der Waals surface area contributed by atoms with Gasteiger partial charge in [0.15, 0.2) is 11.2 Å². The molecule has 0 amide bonds. The summed E-state index contributed by atoms with van der Waals surface area (Å²) in [4.78, 5) is 14.9. The summed E-state index contributed by atoms with van der Waals surface area (Å²) in [6, 6.07) is 0.736. The van der Waals surface area contributed by atoms with E-state index in [-0.39, 0.29) is 0 Å². The molecule has 1 aliphatic rings. The van der Waals surface area contributed by atoms with E-state index in [1.165, 1.54) is 19.2 Å². The van der Waals surface area contributed by atoms with Crippen LogP contribution in [0, 0.1) is 0 Å². The van der Waals surface area contributed by atoms with Crippen LogP contribution in [0.15, 0.2) is 6.33 Å². The maximum absolute atomic E-state index is 5.96. The van der Waals surface area contributed by atoms with Crippen LogP contribution in [0.2, 0.25) is 0 Å². The van der Waals surface area contributed by atoms with Gasteiger partial charge in [0.25, 0.3) is 0 Å². The quantitative estimate of drug-likeness (QED) is 0.845. The average Bonchev–Trinajstić information content (AvgIpc) is 3.20. The Balaban J connectivity index is 1.87. The lowest BCUT2D eigenvalue weighted by Crippen LogP contribution is -2.25. The number of fused-ring (bicyclic) bond motifs is 1. The lowest BCUT2D eigenvalue weighted by molar-refractivity contribution is 0.311. The van der Waals surface area contributed by atoms with Crippen molar-refractivity contribution < 1.29 is 4.74 Å². The van der Waals surface area contributed by atoms with Gasteiger partial charge in [0.1, 0.15) is 6.33 Å². The van der Waals surface area contributed by atoms with E-state index in [2.05, 4.69) is 26.9 Å². The molecule has 19 heavy (non-hydrogen) atoms. The minimum Gasteiger partial charge on any atom is -0.479 e. The summed E-state index contributed by atoms with van der Waals surface area (Å²) in [7, 11) is 3.71. The number of methoxy groups -OCH3 is 1. The number of hydrogen-bond donors (Lipinski definition) is 1. The molecule has 0 unspecified atom stereocenters. The first-order chi connectivity index (χ1) is 9.20. The van der Waals surface area contributed by atoms with E-state index in [1.807, 2.05) is 4.57 Å². The molecule has 3 rings (SSSR count). The minimum absolute atomic E-state index is 0.456. The molecule has 2 aromatic heterocycles. The Morgan fingerprint density at radius 3 is 2.95 bits per heavy atom. The van der Waals surface area contributed by atoms with Gasteiger partial charge in [-0.3, -0.25) is 4.57 Å². The SMILES string of the molecule is COc1ncnc2c1nc(N)n2CCN(C)C1CC1. The van der Waals surface area contributed by atoms with Crippen LogP contribution < -0.4 is 10.5 Å². The molecule has 2 N–H and O–H groups in total. The van der Waals surface area contributed by atoms with Crippen LogP contribution in [-0.4, -0.2) is 51.2 Å². The minimum atomic E-state index is 0.456. The molecule has 2 aromatic rings. The topological polar surface area (TPSA) is 82.1 Å². The van der Waals surface area contributed by atoms with Crippen molar-refractivity contribution in [2.24, 2.45) is 0 Å². The van der Waals surface area contributed by atoms with Crippen LogP contribution in [0.3, 0.4) is 0 Å². The Hall–Kier alpha value is -1.89. The number of ether oxygens (including phenoxy) is 1. The van der Waals surface area contributed by atoms with Crippen LogP contribution in [-0.2, 0) is 6.54 Å². The van der Waals surface area contributed by atoms with Crippen molar-refractivity contribution in [1.29, 1.82) is 0 Å². The van der Waals surface area contributed by atoms with Gasteiger partial charge in [-0.25, -0.2) is 9.97 Å². The highest BCUT2D eigenvalue weighted by Gasteiger charge is 2.26. The number of aromatic nitrogens is 4. The number of nitrogens with zero attached hydrogens (tertiary/aromatic N) is 5. The molecule has 7 heteroatoms. The third-order valence-corrected chi connectivity index (χ3v) is 3.57. The molecule has 7 nitrogen and oxygen atoms in total. The summed E-state index contributed by atoms with van der Waals surface area (Å²) in [5.74, 6) is 0.920. The van der Waals surface area contributed by atoms with Crippen molar-refractivity contribution in [1.82, 2.24) is 24.4 Å². The van der Waals surface area contributed by atoms with Crippen LogP contribution in [0.5, 0.6) is 5.88 Å². The Morgan fingerprint density at radius 2 is 2.26 bits per heavy atom. The second-order valence-electron chi connectivity index (χ2n) is 4.89. The normalized spacial score (nSPS) is 15.3. The molecule has 1 fully saturated rings. The molecule has 1 aliphatic carbocycles. The summed E-state index contributed by atoms with van der Waals surface area (Å²) in [5, 5.41) is 0. The third kappa shape index (κ3) is 2.21. The summed E-state index contributed by atoms with van der Waals surface area (Å²) < 4.78 is 7.09. The lowest BCUT2D eigenvalue weighted by atomic mass is 10.4. The number of hydrogen-bond acceptors (Lipinski definition) is 6. The molecule has 102 valence electrons. The molecule has 0 radical (unpaired) electrons. The fraction of sp³-hybridized carbons (Fsp3) is 0.583. The van der Waals surface area contributed by atoms with E-state index in [4.69, 9.17) is 10.5 Å². The van der Waals surface area contributed by atoms with Crippen molar-refractivity contribution in [2.45, 2.75) is 25.4 Å². The summed E-state index contributed by atoms with van der Waals surface area (Å²) >= 11 is 0. The Kier molecular flexibility index (Phi) is 2.98. The van der Waals surface area contributed by atoms with Crippen molar-refractivity contribution in [2.75, 3.05) is 26.4 Å². The van der Waals surface area contributed by atoms with E-state index in [0.717, 1.165) is 24.8 Å². The largest absolute Gasteiger partial charge is 0.479 e. The number of nitrogen functional groups attached to an aromatic ring is 1. The molecule has 1 saturated carbocycles. The molecule has 2 heterocycles. The molecule has 0 aliphatic heterocycles. The van der Waals surface area contributed by atoms with Crippen LogP contribution >= 0.6 is 0 Å². The molecule has 0 aromatic carbocycles. The maximum atomic E-state index is 5.96. The predicted molar refractivity (Wildman–Crippen MR) is 71.9 cm³/mol. The first kappa shape index (κ1) is 12.2. The second kappa shape index (κ2) is 4.65. The molecule has 0 bridgehead atoms. The van der Waals surface area contributed by atoms with Gasteiger partial charge in [-0.2, -0.15) is 4.98 Å². The van der Waals surface area contributed by atoms with Crippen molar-refractivity contribution in [3.63, 3.8) is 0 Å². The van der Waals surface area contributed by atoms with Gasteiger partial charge < -0.3 is 15.4 Å². The van der Waals surface area contributed by atoms with E-state index in [9.17, 15) is 0 Å². The lowest BCUT2D eigenvalue weighted by Gasteiger charge is -2.16. The maximum Gasteiger partial charge on any atom is 0.245 e. The molecule has 0 spiro atoms. The van der Waals surface area contributed by atoms with E-state index in [0.29, 0.717) is 17.3 Å². The number of nitrogens with two attached hydrogens (primary N) is 1. The Morgan fingerprint density at radius 1 is 1.47 bits per heavy atom. The zero-order valence-electron chi connectivity index (χ0n) is 11.2. The first-order valence-electron chi connectivity index (χ1n) is 6.41. The van der Waals surface area contributed by atoms with Gasteiger partial charge in [-0.1, -0.05) is 0 Å². The van der Waals surface area contributed by atoms with Gasteiger partial charge >= 0.3 is 0 Å². The number of rotatable bonds is 5. The second-order valence-corrected chi connectivity index (χ2v) is 4.89. The molecular formula is C12H18N6O. The van der Waals surface area contributed by atoms with Gasteiger partial charge in [-0.05, 0) is 19.9 Å². The molecule has 0 atom stereocenters.